The van der Waals surface area contributed by atoms with Crippen LogP contribution in [0.25, 0.3) is 0 Å². The van der Waals surface area contributed by atoms with Crippen molar-refractivity contribution in [3.8, 4) is 0 Å². The molecule has 0 saturated carbocycles. The van der Waals surface area contributed by atoms with E-state index in [1.165, 1.54) is 0 Å². The van der Waals surface area contributed by atoms with E-state index in [1.807, 2.05) is 13.0 Å². The molecule has 2 N–H and O–H groups in total. The van der Waals surface area contributed by atoms with Crippen LogP contribution in [0.3, 0.4) is 0 Å². The number of nitro benzene ring substituents is 1. The van der Waals surface area contributed by atoms with Gasteiger partial charge in [0.05, 0.1) is 4.92 Å². The summed E-state index contributed by atoms with van der Waals surface area (Å²) in [6.45, 7) is 7.64. The molecule has 1 aliphatic heterocycles. The molecule has 6 nitrogen and oxygen atoms in total. The van der Waals surface area contributed by atoms with Gasteiger partial charge < -0.3 is 10.6 Å². The molecule has 0 aromatic heterocycles. The molecule has 0 atom stereocenters. The number of benzene rings is 1. The highest BCUT2D eigenvalue weighted by molar-refractivity contribution is 5.65. The zero-order valence-corrected chi connectivity index (χ0v) is 11.2. The van der Waals surface area contributed by atoms with Crippen LogP contribution in [0, 0.1) is 17.0 Å². The largest absolute Gasteiger partial charge is 0.378 e. The SMILES string of the molecule is Cc1cccc([N+](=O)[O-])c1NCCN1CCNCC1. The Morgan fingerprint density at radius 3 is 2.84 bits per heavy atom. The number of nitrogens with one attached hydrogen (secondary N) is 2. The Hall–Kier alpha value is -1.66. The Morgan fingerprint density at radius 2 is 2.16 bits per heavy atom. The highest BCUT2D eigenvalue weighted by Gasteiger charge is 2.15. The second kappa shape index (κ2) is 6.49. The Morgan fingerprint density at radius 1 is 1.42 bits per heavy atom. The molecule has 104 valence electrons. The fraction of sp³-hybridized carbons (Fsp3) is 0.538. The second-order valence-electron chi connectivity index (χ2n) is 4.74. The van der Waals surface area contributed by atoms with Crippen LogP contribution in [0.15, 0.2) is 18.2 Å². The van der Waals surface area contributed by atoms with E-state index in [1.54, 1.807) is 12.1 Å². The third-order valence-electron chi connectivity index (χ3n) is 3.39. The molecule has 1 aromatic rings. The molecule has 1 saturated heterocycles. The first kappa shape index (κ1) is 13.8. The third-order valence-corrected chi connectivity index (χ3v) is 3.39. The van der Waals surface area contributed by atoms with E-state index in [4.69, 9.17) is 0 Å². The summed E-state index contributed by atoms with van der Waals surface area (Å²) in [7, 11) is 0. The monoisotopic (exact) mass is 264 g/mol. The highest BCUT2D eigenvalue weighted by atomic mass is 16.6. The summed E-state index contributed by atoms with van der Waals surface area (Å²) in [6, 6.07) is 5.15. The van der Waals surface area contributed by atoms with Crippen molar-refractivity contribution in [2.45, 2.75) is 6.92 Å². The molecule has 1 heterocycles. The van der Waals surface area contributed by atoms with E-state index in [0.29, 0.717) is 5.69 Å². The summed E-state index contributed by atoms with van der Waals surface area (Å²) < 4.78 is 0. The molecule has 0 unspecified atom stereocenters. The summed E-state index contributed by atoms with van der Waals surface area (Å²) in [5.74, 6) is 0. The number of rotatable bonds is 5. The van der Waals surface area contributed by atoms with Crippen LogP contribution in [0.4, 0.5) is 11.4 Å². The lowest BCUT2D eigenvalue weighted by Gasteiger charge is -2.27. The molecule has 19 heavy (non-hydrogen) atoms. The number of para-hydroxylation sites is 1. The number of piperazine rings is 1. The number of hydrogen-bond donors (Lipinski definition) is 2. The lowest BCUT2D eigenvalue weighted by molar-refractivity contribution is -0.384. The van der Waals surface area contributed by atoms with Crippen molar-refractivity contribution < 1.29 is 4.92 Å². The molecule has 0 aliphatic carbocycles. The zero-order valence-electron chi connectivity index (χ0n) is 11.2. The van der Waals surface area contributed by atoms with Gasteiger partial charge in [-0.15, -0.1) is 0 Å². The molecule has 1 fully saturated rings. The van der Waals surface area contributed by atoms with E-state index in [-0.39, 0.29) is 10.6 Å². The minimum atomic E-state index is -0.333. The first-order valence-corrected chi connectivity index (χ1v) is 6.59. The maximum atomic E-state index is 11.0. The van der Waals surface area contributed by atoms with Gasteiger partial charge in [0.1, 0.15) is 5.69 Å². The number of aryl methyl sites for hydroxylation is 1. The van der Waals surface area contributed by atoms with Gasteiger partial charge in [-0.25, -0.2) is 0 Å². The fourth-order valence-electron chi connectivity index (χ4n) is 2.31. The standard InChI is InChI=1S/C13H20N4O2/c1-11-3-2-4-12(17(18)19)13(11)15-7-10-16-8-5-14-6-9-16/h2-4,14-15H,5-10H2,1H3. The maximum Gasteiger partial charge on any atom is 0.292 e. The average Bonchev–Trinajstić information content (AvgIpc) is 2.41. The van der Waals surface area contributed by atoms with Crippen LogP contribution in [0.2, 0.25) is 0 Å². The molecule has 6 heteroatoms. The van der Waals surface area contributed by atoms with Crippen molar-refractivity contribution in [1.82, 2.24) is 10.2 Å². The molecule has 0 spiro atoms. The Balaban J connectivity index is 1.93. The van der Waals surface area contributed by atoms with Crippen LogP contribution in [0.5, 0.6) is 0 Å². The predicted octanol–water partition coefficient (Wildman–Crippen LogP) is 1.22. The van der Waals surface area contributed by atoms with Crippen molar-refractivity contribution in [1.29, 1.82) is 0 Å². The number of anilines is 1. The van der Waals surface area contributed by atoms with Gasteiger partial charge >= 0.3 is 0 Å². The number of hydrogen-bond acceptors (Lipinski definition) is 5. The molecule has 0 radical (unpaired) electrons. The van der Waals surface area contributed by atoms with Gasteiger partial charge in [0.25, 0.3) is 5.69 Å². The van der Waals surface area contributed by atoms with Crippen LogP contribution in [-0.2, 0) is 0 Å². The minimum Gasteiger partial charge on any atom is -0.378 e. The smallest absolute Gasteiger partial charge is 0.292 e. The molecule has 0 amide bonds. The van der Waals surface area contributed by atoms with Gasteiger partial charge in [0, 0.05) is 45.3 Å². The number of nitro groups is 1. The molecule has 0 bridgehead atoms. The van der Waals surface area contributed by atoms with Gasteiger partial charge in [-0.3, -0.25) is 15.0 Å². The van der Waals surface area contributed by atoms with Gasteiger partial charge in [-0.05, 0) is 12.5 Å². The van der Waals surface area contributed by atoms with Crippen molar-refractivity contribution >= 4 is 11.4 Å². The molecule has 1 aromatic carbocycles. The van der Waals surface area contributed by atoms with Gasteiger partial charge in [-0.2, -0.15) is 0 Å². The summed E-state index contributed by atoms with van der Waals surface area (Å²) in [5.41, 5.74) is 1.71. The summed E-state index contributed by atoms with van der Waals surface area (Å²) >= 11 is 0. The van der Waals surface area contributed by atoms with Crippen LogP contribution in [0.1, 0.15) is 5.56 Å². The second-order valence-corrected chi connectivity index (χ2v) is 4.74. The lowest BCUT2D eigenvalue weighted by Crippen LogP contribution is -2.45. The maximum absolute atomic E-state index is 11.0. The topological polar surface area (TPSA) is 70.4 Å². The fourth-order valence-corrected chi connectivity index (χ4v) is 2.31. The van der Waals surface area contributed by atoms with Crippen molar-refractivity contribution in [2.75, 3.05) is 44.6 Å². The van der Waals surface area contributed by atoms with Gasteiger partial charge in [-0.1, -0.05) is 12.1 Å². The summed E-state index contributed by atoms with van der Waals surface area (Å²) in [6.07, 6.45) is 0. The quantitative estimate of drug-likeness (QED) is 0.618. The average molecular weight is 264 g/mol. The summed E-state index contributed by atoms with van der Waals surface area (Å²) in [5, 5.41) is 17.5. The molecular formula is C13H20N4O2. The van der Waals surface area contributed by atoms with Crippen LogP contribution >= 0.6 is 0 Å². The highest BCUT2D eigenvalue weighted by Crippen LogP contribution is 2.27. The zero-order chi connectivity index (χ0) is 13.7. The molecule has 2 rings (SSSR count). The minimum absolute atomic E-state index is 0.153. The van der Waals surface area contributed by atoms with Crippen molar-refractivity contribution in [2.24, 2.45) is 0 Å². The summed E-state index contributed by atoms with van der Waals surface area (Å²) in [4.78, 5) is 13.0. The van der Waals surface area contributed by atoms with Crippen LogP contribution in [-0.4, -0.2) is 49.1 Å². The van der Waals surface area contributed by atoms with E-state index in [2.05, 4.69) is 15.5 Å². The van der Waals surface area contributed by atoms with Crippen molar-refractivity contribution in [3.63, 3.8) is 0 Å². The lowest BCUT2D eigenvalue weighted by atomic mass is 10.1. The van der Waals surface area contributed by atoms with Crippen molar-refractivity contribution in [3.05, 3.63) is 33.9 Å². The predicted molar refractivity (Wildman–Crippen MR) is 75.6 cm³/mol. The number of nitrogens with zero attached hydrogens (tertiary/aromatic N) is 2. The third kappa shape index (κ3) is 3.65. The van der Waals surface area contributed by atoms with E-state index in [9.17, 15) is 10.1 Å². The Kier molecular flexibility index (Phi) is 4.70. The first-order chi connectivity index (χ1) is 9.18. The van der Waals surface area contributed by atoms with E-state index >= 15 is 0 Å². The normalized spacial score (nSPS) is 16.3. The first-order valence-electron chi connectivity index (χ1n) is 6.59. The Labute approximate surface area is 112 Å². The molecule has 1 aliphatic rings. The van der Waals surface area contributed by atoms with E-state index in [0.717, 1.165) is 44.8 Å². The molecular weight excluding hydrogens is 244 g/mol. The Bertz CT molecular complexity index is 444. The van der Waals surface area contributed by atoms with E-state index < -0.39 is 0 Å². The van der Waals surface area contributed by atoms with Gasteiger partial charge in [0.2, 0.25) is 0 Å². The van der Waals surface area contributed by atoms with Crippen LogP contribution < -0.4 is 10.6 Å². The van der Waals surface area contributed by atoms with Gasteiger partial charge in [0.15, 0.2) is 0 Å².